The number of primary amides is 1. The van der Waals surface area contributed by atoms with Crippen molar-refractivity contribution >= 4 is 35.3 Å². The van der Waals surface area contributed by atoms with E-state index in [9.17, 15) is 22.8 Å². The van der Waals surface area contributed by atoms with Gasteiger partial charge in [0.15, 0.2) is 0 Å². The topological polar surface area (TPSA) is 97.1 Å². The number of rotatable bonds is 7. The van der Waals surface area contributed by atoms with Crippen molar-refractivity contribution in [3.63, 3.8) is 0 Å². The molecule has 0 radical (unpaired) electrons. The van der Waals surface area contributed by atoms with E-state index in [-0.39, 0.29) is 22.5 Å². The number of thioether (sulfide) groups is 1. The molecule has 11 heteroatoms. The summed E-state index contributed by atoms with van der Waals surface area (Å²) in [6.45, 7) is 3.72. The first-order valence-electron chi connectivity index (χ1n) is 7.21. The number of nitrogens with two attached hydrogens (primary N) is 1. The minimum Gasteiger partial charge on any atom is -0.353 e. The van der Waals surface area contributed by atoms with Gasteiger partial charge in [-0.3, -0.25) is 4.79 Å². The van der Waals surface area contributed by atoms with Crippen LogP contribution in [0.4, 0.5) is 18.0 Å². The number of nitrogens with zero attached hydrogens (tertiary/aromatic N) is 1. The first-order chi connectivity index (χ1) is 11.5. The predicted octanol–water partition coefficient (Wildman–Crippen LogP) is 2.66. The van der Waals surface area contributed by atoms with Crippen LogP contribution in [0.3, 0.4) is 0 Å². The summed E-state index contributed by atoms with van der Waals surface area (Å²) < 4.78 is 37.6. The Morgan fingerprint density at radius 3 is 2.52 bits per heavy atom. The molecule has 1 rings (SSSR count). The van der Waals surface area contributed by atoms with Crippen LogP contribution in [0.1, 0.15) is 19.4 Å². The molecule has 3 amide bonds. The molecule has 0 aliphatic rings. The average Bonchev–Trinajstić information content (AvgIpc) is 2.48. The highest BCUT2D eigenvalue weighted by Gasteiger charge is 2.31. The van der Waals surface area contributed by atoms with Gasteiger partial charge in [0.2, 0.25) is 5.91 Å². The number of amides is 3. The molecule has 1 atom stereocenters. The molecule has 0 fully saturated rings. The van der Waals surface area contributed by atoms with E-state index in [1.165, 1.54) is 0 Å². The fourth-order valence-electron chi connectivity index (χ4n) is 1.81. The van der Waals surface area contributed by atoms with Gasteiger partial charge in [-0.1, -0.05) is 25.4 Å². The number of pyridine rings is 1. The number of carbonyl (C=O) groups excluding carboxylic acids is 2. The second-order valence-electron chi connectivity index (χ2n) is 5.38. The smallest absolute Gasteiger partial charge is 0.353 e. The summed E-state index contributed by atoms with van der Waals surface area (Å²) in [7, 11) is 0. The molecule has 1 aromatic rings. The van der Waals surface area contributed by atoms with Crippen LogP contribution in [0.2, 0.25) is 5.02 Å². The lowest BCUT2D eigenvalue weighted by atomic mass is 10.0. The average molecular weight is 399 g/mol. The van der Waals surface area contributed by atoms with Crippen molar-refractivity contribution in [3.8, 4) is 0 Å². The van der Waals surface area contributed by atoms with Crippen LogP contribution in [0.25, 0.3) is 0 Å². The van der Waals surface area contributed by atoms with E-state index < -0.39 is 29.7 Å². The number of hydrogen-bond acceptors (Lipinski definition) is 4. The van der Waals surface area contributed by atoms with Gasteiger partial charge in [-0.25, -0.2) is 9.78 Å². The second kappa shape index (κ2) is 9.14. The second-order valence-corrected chi connectivity index (χ2v) is 6.87. The molecule has 140 valence electrons. The Kier molecular flexibility index (Phi) is 7.81. The molecule has 0 aromatic carbocycles. The van der Waals surface area contributed by atoms with Crippen LogP contribution in [-0.4, -0.2) is 35.3 Å². The van der Waals surface area contributed by atoms with E-state index in [2.05, 4.69) is 15.6 Å². The fraction of sp³-hybridized carbons (Fsp3) is 0.500. The Balaban J connectivity index is 2.52. The minimum atomic E-state index is -4.51. The van der Waals surface area contributed by atoms with Crippen LogP contribution in [0.5, 0.6) is 0 Å². The van der Waals surface area contributed by atoms with Crippen LogP contribution in [0, 0.1) is 5.92 Å². The molecule has 0 saturated carbocycles. The zero-order valence-corrected chi connectivity index (χ0v) is 15.1. The van der Waals surface area contributed by atoms with E-state index in [4.69, 9.17) is 17.3 Å². The zero-order valence-electron chi connectivity index (χ0n) is 13.5. The Hall–Kier alpha value is -1.68. The third-order valence-corrected chi connectivity index (χ3v) is 4.43. The van der Waals surface area contributed by atoms with Crippen LogP contribution in [-0.2, 0) is 11.0 Å². The molecule has 4 N–H and O–H groups in total. The summed E-state index contributed by atoms with van der Waals surface area (Å²) in [4.78, 5) is 26.6. The monoisotopic (exact) mass is 398 g/mol. The zero-order chi connectivity index (χ0) is 19.2. The Morgan fingerprint density at radius 1 is 1.40 bits per heavy atom. The summed E-state index contributed by atoms with van der Waals surface area (Å²) in [5.41, 5.74) is 4.10. The SMILES string of the molecule is CC(C)C(NC(N)=O)C(=O)NCCSc1ncc(C(F)(F)F)cc1Cl. The van der Waals surface area contributed by atoms with Crippen molar-refractivity contribution in [1.82, 2.24) is 15.6 Å². The lowest BCUT2D eigenvalue weighted by Crippen LogP contribution is -2.51. The van der Waals surface area contributed by atoms with Crippen LogP contribution < -0.4 is 16.4 Å². The summed E-state index contributed by atoms with van der Waals surface area (Å²) >= 11 is 6.90. The van der Waals surface area contributed by atoms with Crippen LogP contribution >= 0.6 is 23.4 Å². The number of alkyl halides is 3. The van der Waals surface area contributed by atoms with Gasteiger partial charge in [0.05, 0.1) is 10.6 Å². The van der Waals surface area contributed by atoms with E-state index in [1.807, 2.05) is 0 Å². The molecule has 1 unspecified atom stereocenters. The van der Waals surface area contributed by atoms with Gasteiger partial charge < -0.3 is 16.4 Å². The normalized spacial score (nSPS) is 12.8. The summed E-state index contributed by atoms with van der Waals surface area (Å²) in [5.74, 6) is -0.224. The molecule has 25 heavy (non-hydrogen) atoms. The van der Waals surface area contributed by atoms with E-state index in [1.54, 1.807) is 13.8 Å². The minimum absolute atomic E-state index is 0.110. The number of hydrogen-bond donors (Lipinski definition) is 3. The van der Waals surface area contributed by atoms with Crippen molar-refractivity contribution in [2.75, 3.05) is 12.3 Å². The molecular formula is C14H18ClF3N4O2S. The van der Waals surface area contributed by atoms with Gasteiger partial charge in [-0.2, -0.15) is 13.2 Å². The van der Waals surface area contributed by atoms with Gasteiger partial charge in [-0.05, 0) is 12.0 Å². The van der Waals surface area contributed by atoms with Crippen molar-refractivity contribution < 1.29 is 22.8 Å². The van der Waals surface area contributed by atoms with Crippen molar-refractivity contribution in [1.29, 1.82) is 0 Å². The van der Waals surface area contributed by atoms with Crippen molar-refractivity contribution in [2.45, 2.75) is 31.1 Å². The molecule has 0 saturated heterocycles. The lowest BCUT2D eigenvalue weighted by Gasteiger charge is -2.20. The van der Waals surface area contributed by atoms with E-state index >= 15 is 0 Å². The van der Waals surface area contributed by atoms with Gasteiger partial charge >= 0.3 is 12.2 Å². The summed E-state index contributed by atoms with van der Waals surface area (Å²) in [6, 6.07) is -0.764. The number of carbonyl (C=O) groups is 2. The number of aromatic nitrogens is 1. The molecule has 0 aliphatic carbocycles. The Morgan fingerprint density at radius 2 is 2.04 bits per heavy atom. The highest BCUT2D eigenvalue weighted by Crippen LogP contribution is 2.33. The molecule has 0 bridgehead atoms. The molecule has 6 nitrogen and oxygen atoms in total. The maximum Gasteiger partial charge on any atom is 0.417 e. The maximum atomic E-state index is 12.5. The van der Waals surface area contributed by atoms with Gasteiger partial charge in [0.1, 0.15) is 11.1 Å². The van der Waals surface area contributed by atoms with E-state index in [0.717, 1.165) is 17.8 Å². The highest BCUT2D eigenvalue weighted by atomic mass is 35.5. The predicted molar refractivity (Wildman–Crippen MR) is 89.3 cm³/mol. The number of nitrogens with one attached hydrogen (secondary N) is 2. The number of urea groups is 1. The maximum absolute atomic E-state index is 12.5. The first-order valence-corrected chi connectivity index (χ1v) is 8.58. The van der Waals surface area contributed by atoms with E-state index in [0.29, 0.717) is 11.9 Å². The van der Waals surface area contributed by atoms with Crippen molar-refractivity contribution in [3.05, 3.63) is 22.8 Å². The molecule has 0 spiro atoms. The summed E-state index contributed by atoms with van der Waals surface area (Å²) in [5, 5.41) is 5.09. The van der Waals surface area contributed by atoms with Gasteiger partial charge in [-0.15, -0.1) is 11.8 Å². The summed E-state index contributed by atoms with van der Waals surface area (Å²) in [6.07, 6.45) is -3.80. The Bertz CT molecular complexity index is 629. The largest absolute Gasteiger partial charge is 0.417 e. The standard InChI is InChI=1S/C14H18ClF3N4O2S/c1-7(2)10(22-13(19)24)11(23)20-3-4-25-12-9(15)5-8(6-21-12)14(16,17)18/h5-7,10H,3-4H2,1-2H3,(H,20,23)(H3,19,22,24). The van der Waals surface area contributed by atoms with Crippen molar-refractivity contribution in [2.24, 2.45) is 11.7 Å². The van der Waals surface area contributed by atoms with Gasteiger partial charge in [0, 0.05) is 18.5 Å². The third kappa shape index (κ3) is 6.99. The molecule has 1 heterocycles. The highest BCUT2D eigenvalue weighted by molar-refractivity contribution is 7.99. The molecule has 0 aliphatic heterocycles. The lowest BCUT2D eigenvalue weighted by molar-refractivity contribution is -0.137. The quantitative estimate of drug-likeness (QED) is 0.486. The third-order valence-electron chi connectivity index (χ3n) is 3.02. The van der Waals surface area contributed by atoms with Crippen LogP contribution in [0.15, 0.2) is 17.3 Å². The first kappa shape index (κ1) is 21.4. The number of halogens is 4. The van der Waals surface area contributed by atoms with Gasteiger partial charge in [0.25, 0.3) is 0 Å². The Labute approximate surface area is 152 Å². The molecule has 1 aromatic heterocycles. The fourth-order valence-corrected chi connectivity index (χ4v) is 2.86. The molecular weight excluding hydrogens is 381 g/mol.